The Hall–Kier alpha value is -0.220. The van der Waals surface area contributed by atoms with Crippen molar-refractivity contribution in [3.05, 3.63) is 0 Å². The fourth-order valence-electron chi connectivity index (χ4n) is 2.19. The van der Waals surface area contributed by atoms with Crippen molar-refractivity contribution in [1.82, 2.24) is 0 Å². The molecule has 2 nitrogen and oxygen atoms in total. The number of halogens is 2. The molecule has 0 bridgehead atoms. The van der Waals surface area contributed by atoms with Crippen LogP contribution in [0, 0.1) is 5.92 Å². The second-order valence-electron chi connectivity index (χ2n) is 4.21. The first-order valence-electron chi connectivity index (χ1n) is 4.80. The summed E-state index contributed by atoms with van der Waals surface area (Å²) in [6.45, 7) is 0.546. The number of hydrogen-bond acceptors (Lipinski definition) is 2. The van der Waals surface area contributed by atoms with Gasteiger partial charge in [-0.1, -0.05) is 0 Å². The third-order valence-electron chi connectivity index (χ3n) is 3.02. The SMILES string of the molecule is NC1(CC(F)F)CCOC1C1CC1. The van der Waals surface area contributed by atoms with Gasteiger partial charge in [-0.3, -0.25) is 0 Å². The Bertz CT molecular complexity index is 196. The van der Waals surface area contributed by atoms with Crippen molar-refractivity contribution in [3.8, 4) is 0 Å². The fourth-order valence-corrected chi connectivity index (χ4v) is 2.19. The highest BCUT2D eigenvalue weighted by Gasteiger charge is 2.49. The zero-order chi connectivity index (χ0) is 9.47. The number of alkyl halides is 2. The minimum atomic E-state index is -2.31. The normalized spacial score (nSPS) is 40.2. The smallest absolute Gasteiger partial charge is 0.240 e. The molecule has 76 valence electrons. The van der Waals surface area contributed by atoms with Crippen molar-refractivity contribution in [1.29, 1.82) is 0 Å². The van der Waals surface area contributed by atoms with E-state index in [1.165, 1.54) is 0 Å². The first kappa shape index (κ1) is 9.34. The summed E-state index contributed by atoms with van der Waals surface area (Å²) in [6, 6.07) is 0. The molecule has 0 radical (unpaired) electrons. The highest BCUT2D eigenvalue weighted by molar-refractivity contribution is 5.03. The van der Waals surface area contributed by atoms with Crippen LogP contribution in [-0.4, -0.2) is 24.7 Å². The van der Waals surface area contributed by atoms with Gasteiger partial charge in [0.25, 0.3) is 0 Å². The van der Waals surface area contributed by atoms with Gasteiger partial charge < -0.3 is 10.5 Å². The summed E-state index contributed by atoms with van der Waals surface area (Å²) in [5.74, 6) is 0.450. The molecule has 2 rings (SSSR count). The van der Waals surface area contributed by atoms with Gasteiger partial charge in [-0.2, -0.15) is 0 Å². The number of nitrogens with two attached hydrogens (primary N) is 1. The molecule has 2 aliphatic rings. The Kier molecular flexibility index (Phi) is 2.28. The summed E-state index contributed by atoms with van der Waals surface area (Å²) >= 11 is 0. The van der Waals surface area contributed by atoms with E-state index in [9.17, 15) is 8.78 Å². The number of ether oxygens (including phenoxy) is 1. The standard InChI is InChI=1S/C9H15F2NO/c10-7(11)5-9(12)3-4-13-8(9)6-1-2-6/h6-8H,1-5,12H2. The molecule has 1 aliphatic heterocycles. The summed E-state index contributed by atoms with van der Waals surface area (Å²) < 4.78 is 29.9. The molecule has 2 N–H and O–H groups in total. The summed E-state index contributed by atoms with van der Waals surface area (Å²) in [7, 11) is 0. The van der Waals surface area contributed by atoms with Crippen LogP contribution in [0.25, 0.3) is 0 Å². The van der Waals surface area contributed by atoms with E-state index in [-0.39, 0.29) is 12.5 Å². The van der Waals surface area contributed by atoms with E-state index < -0.39 is 12.0 Å². The first-order valence-corrected chi connectivity index (χ1v) is 4.80. The largest absolute Gasteiger partial charge is 0.376 e. The van der Waals surface area contributed by atoms with Crippen LogP contribution < -0.4 is 5.73 Å². The van der Waals surface area contributed by atoms with E-state index in [1.54, 1.807) is 0 Å². The van der Waals surface area contributed by atoms with Crippen molar-refractivity contribution < 1.29 is 13.5 Å². The highest BCUT2D eigenvalue weighted by atomic mass is 19.3. The van der Waals surface area contributed by atoms with Gasteiger partial charge in [0.2, 0.25) is 6.43 Å². The van der Waals surface area contributed by atoms with Gasteiger partial charge in [-0.15, -0.1) is 0 Å². The molecule has 0 amide bonds. The predicted octanol–water partition coefficient (Wildman–Crippen LogP) is 1.54. The maximum Gasteiger partial charge on any atom is 0.240 e. The number of hydrogen-bond donors (Lipinski definition) is 1. The molecule has 2 atom stereocenters. The fraction of sp³-hybridized carbons (Fsp3) is 1.00. The lowest BCUT2D eigenvalue weighted by Gasteiger charge is -2.29. The van der Waals surface area contributed by atoms with Crippen LogP contribution in [0.1, 0.15) is 25.7 Å². The third-order valence-corrected chi connectivity index (χ3v) is 3.02. The topological polar surface area (TPSA) is 35.2 Å². The molecule has 0 aromatic rings. The lowest BCUT2D eigenvalue weighted by atomic mass is 9.86. The Morgan fingerprint density at radius 1 is 1.46 bits per heavy atom. The van der Waals surface area contributed by atoms with Gasteiger partial charge in [0.1, 0.15) is 0 Å². The molecule has 1 saturated heterocycles. The Morgan fingerprint density at radius 2 is 2.15 bits per heavy atom. The monoisotopic (exact) mass is 191 g/mol. The third kappa shape index (κ3) is 1.83. The second-order valence-corrected chi connectivity index (χ2v) is 4.21. The maximum atomic E-state index is 12.3. The van der Waals surface area contributed by atoms with Crippen LogP contribution in [0.4, 0.5) is 8.78 Å². The van der Waals surface area contributed by atoms with Gasteiger partial charge in [-0.05, 0) is 25.2 Å². The Morgan fingerprint density at radius 3 is 2.69 bits per heavy atom. The molecule has 1 aliphatic carbocycles. The lowest BCUT2D eigenvalue weighted by molar-refractivity contribution is 0.0321. The highest BCUT2D eigenvalue weighted by Crippen LogP contribution is 2.44. The first-order chi connectivity index (χ1) is 6.12. The second kappa shape index (κ2) is 3.17. The van der Waals surface area contributed by atoms with Crippen LogP contribution in [-0.2, 0) is 4.74 Å². The molecular weight excluding hydrogens is 176 g/mol. The molecular formula is C9H15F2NO. The zero-order valence-corrected chi connectivity index (χ0v) is 7.51. The van der Waals surface area contributed by atoms with Crippen LogP contribution in [0.3, 0.4) is 0 Å². The van der Waals surface area contributed by atoms with Gasteiger partial charge in [-0.25, -0.2) is 8.78 Å². The van der Waals surface area contributed by atoms with Gasteiger partial charge in [0, 0.05) is 18.6 Å². The van der Waals surface area contributed by atoms with Crippen LogP contribution in [0.2, 0.25) is 0 Å². The molecule has 1 heterocycles. The van der Waals surface area contributed by atoms with Crippen molar-refractivity contribution >= 4 is 0 Å². The molecule has 4 heteroatoms. The van der Waals surface area contributed by atoms with E-state index in [4.69, 9.17) is 10.5 Å². The molecule has 2 fully saturated rings. The molecule has 0 aromatic carbocycles. The van der Waals surface area contributed by atoms with Crippen LogP contribution in [0.5, 0.6) is 0 Å². The average Bonchev–Trinajstić information content (AvgIpc) is 2.75. The quantitative estimate of drug-likeness (QED) is 0.734. The minimum Gasteiger partial charge on any atom is -0.376 e. The molecule has 0 aromatic heterocycles. The average molecular weight is 191 g/mol. The molecule has 2 unspecified atom stereocenters. The summed E-state index contributed by atoms with van der Waals surface area (Å²) in [5, 5.41) is 0. The van der Waals surface area contributed by atoms with E-state index in [0.717, 1.165) is 12.8 Å². The van der Waals surface area contributed by atoms with Crippen LogP contribution >= 0.6 is 0 Å². The van der Waals surface area contributed by atoms with Gasteiger partial charge in [0.05, 0.1) is 6.10 Å². The summed E-state index contributed by atoms with van der Waals surface area (Å²) in [5.41, 5.74) is 5.19. The Balaban J connectivity index is 2.00. The van der Waals surface area contributed by atoms with Gasteiger partial charge in [0.15, 0.2) is 0 Å². The van der Waals surface area contributed by atoms with E-state index in [1.807, 2.05) is 0 Å². The number of rotatable bonds is 3. The summed E-state index contributed by atoms with van der Waals surface area (Å²) in [6.07, 6.45) is 0.126. The maximum absolute atomic E-state index is 12.3. The van der Waals surface area contributed by atoms with E-state index in [0.29, 0.717) is 18.9 Å². The minimum absolute atomic E-state index is 0.110. The van der Waals surface area contributed by atoms with Crippen LogP contribution in [0.15, 0.2) is 0 Å². The Labute approximate surface area is 76.4 Å². The molecule has 1 saturated carbocycles. The predicted molar refractivity (Wildman–Crippen MR) is 44.6 cm³/mol. The van der Waals surface area contributed by atoms with E-state index in [2.05, 4.69) is 0 Å². The van der Waals surface area contributed by atoms with Crippen molar-refractivity contribution in [2.24, 2.45) is 11.7 Å². The lowest BCUT2D eigenvalue weighted by Crippen LogP contribution is -2.49. The molecule has 13 heavy (non-hydrogen) atoms. The summed E-state index contributed by atoms with van der Waals surface area (Å²) in [4.78, 5) is 0. The van der Waals surface area contributed by atoms with E-state index >= 15 is 0 Å². The van der Waals surface area contributed by atoms with Crippen molar-refractivity contribution in [2.45, 2.75) is 43.8 Å². The van der Waals surface area contributed by atoms with Crippen molar-refractivity contribution in [3.63, 3.8) is 0 Å². The molecule has 0 spiro atoms. The van der Waals surface area contributed by atoms with Crippen molar-refractivity contribution in [2.75, 3.05) is 6.61 Å². The zero-order valence-electron chi connectivity index (χ0n) is 7.51. The van der Waals surface area contributed by atoms with Gasteiger partial charge >= 0.3 is 0 Å².